The SMILES string of the molecule is O=C(c1ccc(I)cc1)N1N=C(c2ccc(Cl)cc2)C[C@@]1(O)C(F)(F)F. The first kappa shape index (κ1) is 19.1. The number of alkyl halides is 3. The number of halogens is 5. The molecule has 9 heteroatoms. The molecule has 0 aliphatic carbocycles. The van der Waals surface area contributed by atoms with Crippen LogP contribution in [-0.4, -0.2) is 33.6 Å². The van der Waals surface area contributed by atoms with Crippen LogP contribution in [-0.2, 0) is 0 Å². The van der Waals surface area contributed by atoms with E-state index in [2.05, 4.69) is 5.10 Å². The lowest BCUT2D eigenvalue weighted by Gasteiger charge is -2.32. The molecule has 0 aromatic heterocycles. The molecule has 0 saturated heterocycles. The van der Waals surface area contributed by atoms with Crippen LogP contribution in [0.1, 0.15) is 22.3 Å². The molecular weight excluding hydrogens is 484 g/mol. The van der Waals surface area contributed by atoms with Crippen molar-refractivity contribution in [1.29, 1.82) is 0 Å². The quantitative estimate of drug-likeness (QED) is 0.628. The van der Waals surface area contributed by atoms with Crippen molar-refractivity contribution < 1.29 is 23.1 Å². The molecule has 1 atom stereocenters. The number of carbonyl (C=O) groups excluding carboxylic acids is 1. The Balaban J connectivity index is 2.03. The lowest BCUT2D eigenvalue weighted by Crippen LogP contribution is -2.56. The smallest absolute Gasteiger partial charge is 0.362 e. The summed E-state index contributed by atoms with van der Waals surface area (Å²) >= 11 is 7.79. The highest BCUT2D eigenvalue weighted by Crippen LogP contribution is 2.42. The van der Waals surface area contributed by atoms with E-state index in [9.17, 15) is 23.1 Å². The second-order valence-corrected chi connectivity index (χ2v) is 7.35. The van der Waals surface area contributed by atoms with Crippen molar-refractivity contribution >= 4 is 45.8 Å². The van der Waals surface area contributed by atoms with Crippen LogP contribution in [0.2, 0.25) is 5.02 Å². The third kappa shape index (κ3) is 3.45. The van der Waals surface area contributed by atoms with Gasteiger partial charge in [0.25, 0.3) is 11.6 Å². The summed E-state index contributed by atoms with van der Waals surface area (Å²) in [6.45, 7) is 0. The zero-order valence-electron chi connectivity index (χ0n) is 13.0. The van der Waals surface area contributed by atoms with Crippen molar-refractivity contribution in [2.45, 2.75) is 18.3 Å². The molecule has 0 spiro atoms. The van der Waals surface area contributed by atoms with Crippen LogP contribution in [0.25, 0.3) is 0 Å². The van der Waals surface area contributed by atoms with E-state index in [4.69, 9.17) is 11.6 Å². The van der Waals surface area contributed by atoms with Crippen LogP contribution in [0, 0.1) is 3.57 Å². The van der Waals surface area contributed by atoms with Crippen molar-refractivity contribution in [3.8, 4) is 0 Å². The molecule has 1 aliphatic heterocycles. The molecule has 1 heterocycles. The lowest BCUT2D eigenvalue weighted by atomic mass is 10.0. The van der Waals surface area contributed by atoms with E-state index >= 15 is 0 Å². The summed E-state index contributed by atoms with van der Waals surface area (Å²) in [5.74, 6) is -1.04. The normalized spacial score (nSPS) is 20.2. The van der Waals surface area contributed by atoms with E-state index in [1.54, 1.807) is 12.1 Å². The molecule has 0 bridgehead atoms. The molecule has 26 heavy (non-hydrogen) atoms. The van der Waals surface area contributed by atoms with Crippen LogP contribution < -0.4 is 0 Å². The first-order valence-electron chi connectivity index (χ1n) is 7.34. The third-order valence-electron chi connectivity index (χ3n) is 3.90. The van der Waals surface area contributed by atoms with Gasteiger partial charge in [-0.3, -0.25) is 4.79 Å². The summed E-state index contributed by atoms with van der Waals surface area (Å²) in [4.78, 5) is 12.6. The van der Waals surface area contributed by atoms with Gasteiger partial charge >= 0.3 is 6.18 Å². The Hall–Kier alpha value is -1.65. The van der Waals surface area contributed by atoms with E-state index < -0.39 is 24.2 Å². The van der Waals surface area contributed by atoms with Crippen molar-refractivity contribution in [3.05, 3.63) is 68.3 Å². The van der Waals surface area contributed by atoms with Crippen molar-refractivity contribution in [3.63, 3.8) is 0 Å². The van der Waals surface area contributed by atoms with Gasteiger partial charge in [0.05, 0.1) is 12.1 Å². The number of aliphatic hydroxyl groups is 1. The fraction of sp³-hybridized carbons (Fsp3) is 0.176. The number of hydrogen-bond acceptors (Lipinski definition) is 3. The Bertz CT molecular complexity index is 869. The van der Waals surface area contributed by atoms with Crippen LogP contribution in [0.5, 0.6) is 0 Å². The minimum Gasteiger partial charge on any atom is -0.362 e. The Labute approximate surface area is 165 Å². The molecule has 0 unspecified atom stereocenters. The van der Waals surface area contributed by atoms with Gasteiger partial charge in [0.1, 0.15) is 0 Å². The number of rotatable bonds is 2. The highest BCUT2D eigenvalue weighted by Gasteiger charge is 2.63. The average Bonchev–Trinajstić information content (AvgIpc) is 2.94. The van der Waals surface area contributed by atoms with Gasteiger partial charge in [-0.1, -0.05) is 23.7 Å². The lowest BCUT2D eigenvalue weighted by molar-refractivity contribution is -0.297. The zero-order chi connectivity index (χ0) is 19.1. The van der Waals surface area contributed by atoms with Gasteiger partial charge in [-0.15, -0.1) is 0 Å². The Kier molecular flexibility index (Phi) is 5.02. The summed E-state index contributed by atoms with van der Waals surface area (Å²) in [6.07, 6.45) is -5.95. The number of amides is 1. The Morgan fingerprint density at radius 1 is 1.15 bits per heavy atom. The second-order valence-electron chi connectivity index (χ2n) is 5.67. The fourth-order valence-corrected chi connectivity index (χ4v) is 2.98. The van der Waals surface area contributed by atoms with Gasteiger partial charge < -0.3 is 5.11 Å². The van der Waals surface area contributed by atoms with Gasteiger partial charge in [0.15, 0.2) is 0 Å². The van der Waals surface area contributed by atoms with Gasteiger partial charge in [0, 0.05) is 14.2 Å². The number of carbonyl (C=O) groups is 1. The largest absolute Gasteiger partial charge is 0.438 e. The molecular formula is C17H11ClF3IN2O2. The summed E-state index contributed by atoms with van der Waals surface area (Å²) in [6, 6.07) is 11.9. The summed E-state index contributed by atoms with van der Waals surface area (Å²) in [5.41, 5.74) is -3.13. The van der Waals surface area contributed by atoms with Gasteiger partial charge in [-0.25, -0.2) is 0 Å². The predicted octanol–water partition coefficient (Wildman–Crippen LogP) is 4.45. The molecule has 4 nitrogen and oxygen atoms in total. The van der Waals surface area contributed by atoms with Crippen molar-refractivity contribution in [1.82, 2.24) is 5.01 Å². The molecule has 1 aliphatic rings. The topological polar surface area (TPSA) is 52.9 Å². The van der Waals surface area contributed by atoms with Crippen LogP contribution in [0.15, 0.2) is 53.6 Å². The molecule has 136 valence electrons. The fourth-order valence-electron chi connectivity index (χ4n) is 2.50. The van der Waals surface area contributed by atoms with E-state index in [0.29, 0.717) is 10.6 Å². The van der Waals surface area contributed by atoms with Crippen molar-refractivity contribution in [2.24, 2.45) is 5.10 Å². The highest BCUT2D eigenvalue weighted by molar-refractivity contribution is 14.1. The average molecular weight is 495 g/mol. The zero-order valence-corrected chi connectivity index (χ0v) is 15.9. The van der Waals surface area contributed by atoms with E-state index in [-0.39, 0.29) is 16.3 Å². The third-order valence-corrected chi connectivity index (χ3v) is 4.87. The first-order chi connectivity index (χ1) is 12.1. The number of hydrogen-bond donors (Lipinski definition) is 1. The monoisotopic (exact) mass is 494 g/mol. The molecule has 0 radical (unpaired) electrons. The molecule has 2 aromatic rings. The first-order valence-corrected chi connectivity index (χ1v) is 8.80. The van der Waals surface area contributed by atoms with E-state index in [1.165, 1.54) is 36.4 Å². The summed E-state index contributed by atoms with van der Waals surface area (Å²) in [5, 5.41) is 14.6. The van der Waals surface area contributed by atoms with Gasteiger partial charge in [0.2, 0.25) is 0 Å². The molecule has 1 amide bonds. The number of nitrogens with zero attached hydrogens (tertiary/aromatic N) is 2. The highest BCUT2D eigenvalue weighted by atomic mass is 127. The standard InChI is InChI=1S/C17H11ClF3IN2O2/c18-12-5-1-10(2-6-12)14-9-16(26,17(19,20)21)24(23-14)15(25)11-3-7-13(22)8-4-11/h1-8,26H,9H2/t16-/m1/s1. The van der Waals surface area contributed by atoms with E-state index in [1.807, 2.05) is 22.6 Å². The molecule has 2 aromatic carbocycles. The van der Waals surface area contributed by atoms with Crippen LogP contribution in [0.3, 0.4) is 0 Å². The number of benzene rings is 2. The van der Waals surface area contributed by atoms with E-state index in [0.717, 1.165) is 3.57 Å². The van der Waals surface area contributed by atoms with Gasteiger partial charge in [-0.05, 0) is 64.6 Å². The number of hydrazone groups is 1. The molecule has 0 saturated carbocycles. The predicted molar refractivity (Wildman–Crippen MR) is 98.9 cm³/mol. The maximum absolute atomic E-state index is 13.5. The van der Waals surface area contributed by atoms with Gasteiger partial charge in [-0.2, -0.15) is 23.3 Å². The second kappa shape index (κ2) is 6.82. The molecule has 1 N–H and O–H groups in total. The molecule has 3 rings (SSSR count). The maximum atomic E-state index is 13.5. The molecule has 0 fully saturated rings. The summed E-state index contributed by atoms with van der Waals surface area (Å²) in [7, 11) is 0. The minimum absolute atomic E-state index is 0.00537. The minimum atomic E-state index is -5.08. The van der Waals surface area contributed by atoms with Crippen molar-refractivity contribution in [2.75, 3.05) is 0 Å². The van der Waals surface area contributed by atoms with Crippen LogP contribution in [0.4, 0.5) is 13.2 Å². The summed E-state index contributed by atoms with van der Waals surface area (Å²) < 4.78 is 41.5. The Morgan fingerprint density at radius 2 is 1.73 bits per heavy atom. The maximum Gasteiger partial charge on any atom is 0.438 e. The Morgan fingerprint density at radius 3 is 2.27 bits per heavy atom. The van der Waals surface area contributed by atoms with Crippen LogP contribution >= 0.6 is 34.2 Å².